The first kappa shape index (κ1) is 17.5. The van der Waals surface area contributed by atoms with Crippen LogP contribution >= 0.6 is 0 Å². The maximum absolute atomic E-state index is 12.5. The zero-order valence-electron chi connectivity index (χ0n) is 11.8. The summed E-state index contributed by atoms with van der Waals surface area (Å²) in [6.07, 6.45) is -0.896. The number of esters is 2. The number of methoxy groups -OCH3 is 2. The average molecular weight is 314 g/mol. The molecule has 1 rings (SSSR count). The molecule has 0 fully saturated rings. The third-order valence-electron chi connectivity index (χ3n) is 2.62. The Balaban J connectivity index is 3.13. The maximum Gasteiger partial charge on any atom is 0.416 e. The van der Waals surface area contributed by atoms with E-state index in [4.69, 9.17) is 0 Å². The lowest BCUT2D eigenvalue weighted by molar-refractivity contribution is -0.137. The summed E-state index contributed by atoms with van der Waals surface area (Å²) in [5.74, 6) is -1.37. The van der Waals surface area contributed by atoms with Crippen molar-refractivity contribution in [1.82, 2.24) is 0 Å². The Hall–Kier alpha value is -2.57. The summed E-state index contributed by atoms with van der Waals surface area (Å²) in [7, 11) is 2.33. The van der Waals surface area contributed by atoms with Crippen LogP contribution in [0.5, 0.6) is 0 Å². The van der Waals surface area contributed by atoms with E-state index < -0.39 is 23.7 Å². The highest BCUT2D eigenvalue weighted by Crippen LogP contribution is 2.30. The van der Waals surface area contributed by atoms with Crippen LogP contribution in [0.25, 0.3) is 5.57 Å². The number of halogens is 3. The van der Waals surface area contributed by atoms with E-state index in [0.717, 1.165) is 37.5 Å². The second kappa shape index (κ2) is 7.44. The van der Waals surface area contributed by atoms with Gasteiger partial charge in [-0.1, -0.05) is 18.2 Å². The molecule has 118 valence electrons. The van der Waals surface area contributed by atoms with Crippen molar-refractivity contribution in [1.29, 1.82) is 0 Å². The molecule has 0 unspecified atom stereocenters. The number of alkyl halides is 3. The third kappa shape index (κ3) is 4.76. The van der Waals surface area contributed by atoms with Gasteiger partial charge in [-0.25, -0.2) is 9.59 Å². The number of carbonyl (C=O) groups excluding carboxylic acids is 2. The van der Waals surface area contributed by atoms with Crippen molar-refractivity contribution in [2.75, 3.05) is 14.2 Å². The molecule has 0 saturated carbocycles. The van der Waals surface area contributed by atoms with Crippen molar-refractivity contribution < 1.29 is 32.2 Å². The first-order valence-electron chi connectivity index (χ1n) is 6.02. The topological polar surface area (TPSA) is 52.6 Å². The molecule has 0 aliphatic carbocycles. The van der Waals surface area contributed by atoms with E-state index in [9.17, 15) is 22.8 Å². The van der Waals surface area contributed by atoms with Crippen molar-refractivity contribution in [2.45, 2.75) is 6.18 Å². The molecular formula is C15H13F3O4. The summed E-state index contributed by atoms with van der Waals surface area (Å²) in [4.78, 5) is 22.6. The van der Waals surface area contributed by atoms with Gasteiger partial charge in [-0.15, -0.1) is 0 Å². The van der Waals surface area contributed by atoms with Crippen LogP contribution in [0.3, 0.4) is 0 Å². The Morgan fingerprint density at radius 2 is 1.64 bits per heavy atom. The molecule has 0 spiro atoms. The summed E-state index contributed by atoms with van der Waals surface area (Å²) in [6, 6.07) is 4.02. The van der Waals surface area contributed by atoms with Crippen molar-refractivity contribution in [3.63, 3.8) is 0 Å². The minimum absolute atomic E-state index is 0.0105. The van der Waals surface area contributed by atoms with Gasteiger partial charge in [-0.05, 0) is 23.8 Å². The SMILES string of the molecule is COC(=O)/C=C\C=C(\C(=O)OC)c1ccc(C(F)(F)F)cc1. The number of allylic oxidation sites excluding steroid dienone is 2. The number of ether oxygens (including phenoxy) is 2. The second-order valence-corrected chi connectivity index (χ2v) is 4.03. The van der Waals surface area contributed by atoms with Gasteiger partial charge in [-0.3, -0.25) is 0 Å². The number of benzene rings is 1. The van der Waals surface area contributed by atoms with E-state index in [1.165, 1.54) is 19.3 Å². The monoisotopic (exact) mass is 314 g/mol. The van der Waals surface area contributed by atoms with E-state index in [0.29, 0.717) is 0 Å². The molecule has 1 aromatic carbocycles. The van der Waals surface area contributed by atoms with Gasteiger partial charge in [0.05, 0.1) is 25.4 Å². The van der Waals surface area contributed by atoms with Gasteiger partial charge >= 0.3 is 18.1 Å². The van der Waals surface area contributed by atoms with Crippen LogP contribution < -0.4 is 0 Å². The van der Waals surface area contributed by atoms with E-state index in [-0.39, 0.29) is 11.1 Å². The quantitative estimate of drug-likeness (QED) is 0.487. The largest absolute Gasteiger partial charge is 0.466 e. The lowest BCUT2D eigenvalue weighted by Gasteiger charge is -2.09. The van der Waals surface area contributed by atoms with Crippen molar-refractivity contribution in [3.8, 4) is 0 Å². The van der Waals surface area contributed by atoms with Gasteiger partial charge in [0.2, 0.25) is 0 Å². The van der Waals surface area contributed by atoms with E-state index >= 15 is 0 Å². The molecule has 22 heavy (non-hydrogen) atoms. The summed E-state index contributed by atoms with van der Waals surface area (Å²) >= 11 is 0. The molecule has 7 heteroatoms. The van der Waals surface area contributed by atoms with E-state index in [1.807, 2.05) is 0 Å². The van der Waals surface area contributed by atoms with Gasteiger partial charge in [0.15, 0.2) is 0 Å². The summed E-state index contributed by atoms with van der Waals surface area (Å²) in [5.41, 5.74) is -0.587. The van der Waals surface area contributed by atoms with Gasteiger partial charge in [0, 0.05) is 6.08 Å². The van der Waals surface area contributed by atoms with Crippen LogP contribution in [-0.2, 0) is 25.2 Å². The summed E-state index contributed by atoms with van der Waals surface area (Å²) in [6.45, 7) is 0. The molecular weight excluding hydrogens is 301 g/mol. The average Bonchev–Trinajstić information content (AvgIpc) is 2.50. The van der Waals surface area contributed by atoms with Gasteiger partial charge in [0.1, 0.15) is 0 Å². The predicted molar refractivity (Wildman–Crippen MR) is 72.6 cm³/mol. The molecule has 0 saturated heterocycles. The highest BCUT2D eigenvalue weighted by Gasteiger charge is 2.30. The van der Waals surface area contributed by atoms with Crippen molar-refractivity contribution >= 4 is 17.5 Å². The molecule has 4 nitrogen and oxygen atoms in total. The Labute approximate surface area is 124 Å². The van der Waals surface area contributed by atoms with E-state index in [2.05, 4.69) is 9.47 Å². The van der Waals surface area contributed by atoms with Crippen molar-refractivity contribution in [2.24, 2.45) is 0 Å². The Morgan fingerprint density at radius 3 is 2.09 bits per heavy atom. The Kier molecular flexibility index (Phi) is 5.91. The zero-order valence-corrected chi connectivity index (χ0v) is 11.8. The minimum atomic E-state index is -4.46. The lowest BCUT2D eigenvalue weighted by atomic mass is 10.0. The van der Waals surface area contributed by atoms with Crippen molar-refractivity contribution in [3.05, 3.63) is 53.6 Å². The van der Waals surface area contributed by atoms with Crippen LogP contribution in [0, 0.1) is 0 Å². The first-order valence-corrected chi connectivity index (χ1v) is 6.02. The standard InChI is InChI=1S/C15H13F3O4/c1-21-13(19)5-3-4-12(14(20)22-2)10-6-8-11(9-7-10)15(16,17)18/h3-9H,1-2H3/b5-3-,12-4+. The minimum Gasteiger partial charge on any atom is -0.466 e. The van der Waals surface area contributed by atoms with Crippen LogP contribution in [0.15, 0.2) is 42.5 Å². The Morgan fingerprint density at radius 1 is 1.05 bits per heavy atom. The van der Waals surface area contributed by atoms with Gasteiger partial charge in [-0.2, -0.15) is 13.2 Å². The normalized spacial score (nSPS) is 12.3. The number of hydrogen-bond donors (Lipinski definition) is 0. The fourth-order valence-corrected chi connectivity index (χ4v) is 1.52. The number of rotatable bonds is 4. The molecule has 0 aromatic heterocycles. The molecule has 0 amide bonds. The molecule has 0 aliphatic heterocycles. The fraction of sp³-hybridized carbons (Fsp3) is 0.200. The lowest BCUT2D eigenvalue weighted by Crippen LogP contribution is -2.07. The molecule has 0 heterocycles. The number of carbonyl (C=O) groups is 2. The molecule has 1 aromatic rings. The van der Waals surface area contributed by atoms with Crippen LogP contribution in [-0.4, -0.2) is 26.2 Å². The van der Waals surface area contributed by atoms with Gasteiger partial charge in [0.25, 0.3) is 0 Å². The molecule has 0 bridgehead atoms. The fourth-order valence-electron chi connectivity index (χ4n) is 1.52. The number of hydrogen-bond acceptors (Lipinski definition) is 4. The van der Waals surface area contributed by atoms with Crippen LogP contribution in [0.4, 0.5) is 13.2 Å². The molecule has 0 atom stereocenters. The molecule has 0 aliphatic rings. The van der Waals surface area contributed by atoms with Crippen LogP contribution in [0.2, 0.25) is 0 Å². The molecule has 0 radical (unpaired) electrons. The van der Waals surface area contributed by atoms with Crippen LogP contribution in [0.1, 0.15) is 11.1 Å². The predicted octanol–water partition coefficient (Wildman–Crippen LogP) is 2.99. The second-order valence-electron chi connectivity index (χ2n) is 4.03. The third-order valence-corrected chi connectivity index (χ3v) is 2.62. The highest BCUT2D eigenvalue weighted by atomic mass is 19.4. The zero-order chi connectivity index (χ0) is 16.8. The molecule has 0 N–H and O–H groups in total. The summed E-state index contributed by atoms with van der Waals surface area (Å²) < 4.78 is 46.5. The first-order chi connectivity index (χ1) is 10.3. The van der Waals surface area contributed by atoms with E-state index in [1.54, 1.807) is 0 Å². The summed E-state index contributed by atoms with van der Waals surface area (Å²) in [5, 5.41) is 0. The van der Waals surface area contributed by atoms with Gasteiger partial charge < -0.3 is 9.47 Å². The highest BCUT2D eigenvalue weighted by molar-refractivity contribution is 6.16. The smallest absolute Gasteiger partial charge is 0.416 e. The Bertz CT molecular complexity index is 598. The maximum atomic E-state index is 12.5.